The van der Waals surface area contributed by atoms with E-state index in [4.69, 9.17) is 0 Å². The topological polar surface area (TPSA) is 109 Å². The van der Waals surface area contributed by atoms with Crippen molar-refractivity contribution in [3.05, 3.63) is 47.1 Å². The van der Waals surface area contributed by atoms with Crippen molar-refractivity contribution in [2.75, 3.05) is 11.9 Å². The normalized spacial score (nSPS) is 26.4. The van der Waals surface area contributed by atoms with Crippen molar-refractivity contribution in [2.24, 2.45) is 7.05 Å². The second-order valence-corrected chi connectivity index (χ2v) is 10.0. The van der Waals surface area contributed by atoms with E-state index < -0.39 is 5.69 Å². The molecule has 1 unspecified atom stereocenters. The summed E-state index contributed by atoms with van der Waals surface area (Å²) in [6, 6.07) is 9.27. The molecule has 33 heavy (non-hydrogen) atoms. The van der Waals surface area contributed by atoms with Gasteiger partial charge in [0.05, 0.1) is 5.69 Å². The monoisotopic (exact) mass is 447 g/mol. The van der Waals surface area contributed by atoms with Gasteiger partial charge in [-0.25, -0.2) is 9.78 Å². The number of fused-ring (bicyclic) bond motifs is 2. The summed E-state index contributed by atoms with van der Waals surface area (Å²) >= 11 is 0. The van der Waals surface area contributed by atoms with Crippen LogP contribution in [0.1, 0.15) is 39.5 Å². The Morgan fingerprint density at radius 3 is 2.45 bits per heavy atom. The predicted octanol–water partition coefficient (Wildman–Crippen LogP) is 2.50. The van der Waals surface area contributed by atoms with E-state index in [1.54, 1.807) is 19.2 Å². The Hall–Kier alpha value is -3.33. The Bertz CT molecular complexity index is 1240. The SMILES string of the molecule is CN(c1ccc(-c2ccc(-c3ncn(C)c(=O)n3)cc2O)nn1)C1C[C@]2(C)CC[C@](C)(C1)N2. The van der Waals surface area contributed by atoms with Crippen LogP contribution in [0, 0.1) is 0 Å². The summed E-state index contributed by atoms with van der Waals surface area (Å²) in [5.41, 5.74) is 1.65. The van der Waals surface area contributed by atoms with Gasteiger partial charge in [0.15, 0.2) is 11.6 Å². The maximum Gasteiger partial charge on any atom is 0.350 e. The number of anilines is 1. The Morgan fingerprint density at radius 1 is 1.12 bits per heavy atom. The third-order valence-corrected chi connectivity index (χ3v) is 7.15. The largest absolute Gasteiger partial charge is 0.507 e. The number of phenols is 1. The fraction of sp³-hybridized carbons (Fsp3) is 0.458. The van der Waals surface area contributed by atoms with Crippen molar-refractivity contribution >= 4 is 5.82 Å². The van der Waals surface area contributed by atoms with Crippen LogP contribution in [0.5, 0.6) is 5.75 Å². The van der Waals surface area contributed by atoms with E-state index in [0.29, 0.717) is 22.9 Å². The first-order valence-corrected chi connectivity index (χ1v) is 11.2. The lowest BCUT2D eigenvalue weighted by molar-refractivity contribution is 0.207. The molecule has 0 radical (unpaired) electrons. The summed E-state index contributed by atoms with van der Waals surface area (Å²) in [5.74, 6) is 1.12. The molecular weight excluding hydrogens is 418 g/mol. The lowest BCUT2D eigenvalue weighted by Crippen LogP contribution is -2.58. The van der Waals surface area contributed by atoms with Crippen LogP contribution in [-0.2, 0) is 7.05 Å². The van der Waals surface area contributed by atoms with Gasteiger partial charge < -0.3 is 15.3 Å². The van der Waals surface area contributed by atoms with E-state index in [0.717, 1.165) is 18.7 Å². The van der Waals surface area contributed by atoms with Crippen LogP contribution in [0.2, 0.25) is 0 Å². The van der Waals surface area contributed by atoms with E-state index in [9.17, 15) is 9.90 Å². The minimum absolute atomic E-state index is 0.0305. The van der Waals surface area contributed by atoms with Crippen molar-refractivity contribution in [3.63, 3.8) is 0 Å². The summed E-state index contributed by atoms with van der Waals surface area (Å²) < 4.78 is 1.29. The zero-order chi connectivity index (χ0) is 23.4. The fourth-order valence-corrected chi connectivity index (χ4v) is 5.36. The summed E-state index contributed by atoms with van der Waals surface area (Å²) in [7, 11) is 3.67. The van der Waals surface area contributed by atoms with Gasteiger partial charge in [-0.3, -0.25) is 4.57 Å². The van der Waals surface area contributed by atoms with Gasteiger partial charge in [-0.15, -0.1) is 10.2 Å². The Balaban J connectivity index is 1.36. The number of aromatic nitrogens is 5. The number of piperidine rings is 1. The third kappa shape index (κ3) is 3.97. The van der Waals surface area contributed by atoms with Crippen LogP contribution in [0.25, 0.3) is 22.6 Å². The number of benzene rings is 1. The standard InChI is InChI=1S/C24H29N7O2/c1-23-9-10-24(2,29-23)13-16(12-23)31(4)20-8-7-18(27-28-20)17-6-5-15(11-19(17)32)21-25-14-30(3)22(33)26-21/h5-8,11,14,16,29,32H,9-10,12-13H2,1-4H3/t16?,23-,24+. The second-order valence-electron chi connectivity index (χ2n) is 10.0. The summed E-state index contributed by atoms with van der Waals surface area (Å²) in [5, 5.41) is 23.3. The number of aromatic hydroxyl groups is 1. The lowest BCUT2D eigenvalue weighted by atomic mass is 9.84. The van der Waals surface area contributed by atoms with Crippen LogP contribution in [0.15, 0.2) is 41.5 Å². The average Bonchev–Trinajstić information content (AvgIpc) is 3.01. The van der Waals surface area contributed by atoms with Gasteiger partial charge in [0.25, 0.3) is 0 Å². The summed E-state index contributed by atoms with van der Waals surface area (Å²) in [4.78, 5) is 22.1. The minimum atomic E-state index is -0.404. The molecule has 2 saturated heterocycles. The van der Waals surface area contributed by atoms with Gasteiger partial charge in [0.2, 0.25) is 0 Å². The van der Waals surface area contributed by atoms with Gasteiger partial charge in [0, 0.05) is 42.3 Å². The number of nitrogens with zero attached hydrogens (tertiary/aromatic N) is 6. The minimum Gasteiger partial charge on any atom is -0.507 e. The predicted molar refractivity (Wildman–Crippen MR) is 126 cm³/mol. The molecule has 172 valence electrons. The summed E-state index contributed by atoms with van der Waals surface area (Å²) in [6.45, 7) is 4.63. The van der Waals surface area contributed by atoms with Crippen molar-refractivity contribution in [3.8, 4) is 28.4 Å². The number of phenolic OH excluding ortho intramolecular Hbond substituents is 1. The molecule has 2 bridgehead atoms. The molecular formula is C24H29N7O2. The fourth-order valence-electron chi connectivity index (χ4n) is 5.36. The van der Waals surface area contributed by atoms with Crippen molar-refractivity contribution in [1.29, 1.82) is 0 Å². The number of hydrogen-bond donors (Lipinski definition) is 2. The van der Waals surface area contributed by atoms with Crippen LogP contribution >= 0.6 is 0 Å². The van der Waals surface area contributed by atoms with Gasteiger partial charge in [-0.05, 0) is 63.8 Å². The van der Waals surface area contributed by atoms with Gasteiger partial charge >= 0.3 is 5.69 Å². The van der Waals surface area contributed by atoms with Crippen LogP contribution in [0.3, 0.4) is 0 Å². The molecule has 9 nitrogen and oxygen atoms in total. The highest BCUT2D eigenvalue weighted by Crippen LogP contribution is 2.43. The Kier molecular flexibility index (Phi) is 4.97. The van der Waals surface area contributed by atoms with Crippen molar-refractivity contribution < 1.29 is 5.11 Å². The first-order valence-electron chi connectivity index (χ1n) is 11.2. The van der Waals surface area contributed by atoms with Gasteiger partial charge in [-0.2, -0.15) is 4.98 Å². The third-order valence-electron chi connectivity index (χ3n) is 7.15. The van der Waals surface area contributed by atoms with Gasteiger partial charge in [-0.1, -0.05) is 6.07 Å². The molecule has 1 aromatic carbocycles. The zero-order valence-corrected chi connectivity index (χ0v) is 19.4. The highest BCUT2D eigenvalue weighted by molar-refractivity contribution is 5.72. The quantitative estimate of drug-likeness (QED) is 0.628. The molecule has 2 N–H and O–H groups in total. The molecule has 4 heterocycles. The molecule has 2 aromatic heterocycles. The van der Waals surface area contributed by atoms with E-state index in [1.807, 2.05) is 12.1 Å². The molecule has 0 aliphatic carbocycles. The Labute approximate surface area is 192 Å². The molecule has 2 fully saturated rings. The molecule has 5 rings (SSSR count). The van der Waals surface area contributed by atoms with E-state index in [2.05, 4.69) is 51.3 Å². The average molecular weight is 448 g/mol. The zero-order valence-electron chi connectivity index (χ0n) is 19.4. The van der Waals surface area contributed by atoms with Crippen LogP contribution < -0.4 is 15.9 Å². The summed E-state index contributed by atoms with van der Waals surface area (Å²) in [6.07, 6.45) is 5.97. The molecule has 0 saturated carbocycles. The van der Waals surface area contributed by atoms with E-state index in [-0.39, 0.29) is 22.7 Å². The maximum atomic E-state index is 11.8. The van der Waals surface area contributed by atoms with E-state index >= 15 is 0 Å². The molecule has 0 amide bonds. The molecule has 0 spiro atoms. The molecule has 9 heteroatoms. The van der Waals surface area contributed by atoms with Crippen molar-refractivity contribution in [2.45, 2.75) is 56.7 Å². The molecule has 3 atom stereocenters. The molecule has 2 aliphatic heterocycles. The van der Waals surface area contributed by atoms with Gasteiger partial charge in [0.1, 0.15) is 12.1 Å². The van der Waals surface area contributed by atoms with Crippen molar-refractivity contribution in [1.82, 2.24) is 30.0 Å². The smallest absolute Gasteiger partial charge is 0.350 e. The first-order chi connectivity index (χ1) is 15.6. The number of aryl methyl sites for hydroxylation is 1. The molecule has 2 aliphatic rings. The molecule has 3 aromatic rings. The first kappa shape index (κ1) is 21.5. The second kappa shape index (κ2) is 7.62. The number of rotatable bonds is 4. The number of nitrogens with one attached hydrogen (secondary N) is 1. The maximum absolute atomic E-state index is 11.8. The van der Waals surface area contributed by atoms with E-state index in [1.165, 1.54) is 29.8 Å². The lowest BCUT2D eigenvalue weighted by Gasteiger charge is -2.45. The number of hydrogen-bond acceptors (Lipinski definition) is 8. The van der Waals surface area contributed by atoms with Crippen LogP contribution in [-0.4, -0.2) is 54.0 Å². The highest BCUT2D eigenvalue weighted by Gasteiger charge is 2.49. The highest BCUT2D eigenvalue weighted by atomic mass is 16.3. The van der Waals surface area contributed by atoms with Crippen LogP contribution in [0.4, 0.5) is 5.82 Å². The Morgan fingerprint density at radius 2 is 1.85 bits per heavy atom.